The van der Waals surface area contributed by atoms with Gasteiger partial charge in [-0.3, -0.25) is 0 Å². The molecule has 1 atom stereocenters. The maximum Gasteiger partial charge on any atom is 0.0231 e. The smallest absolute Gasteiger partial charge is 0.0231 e. The van der Waals surface area contributed by atoms with Crippen molar-refractivity contribution in [2.75, 3.05) is 13.1 Å². The van der Waals surface area contributed by atoms with Crippen LogP contribution in [0.25, 0.3) is 0 Å². The van der Waals surface area contributed by atoms with E-state index in [-0.39, 0.29) is 0 Å². The summed E-state index contributed by atoms with van der Waals surface area (Å²) in [5, 5.41) is 6.92. The highest BCUT2D eigenvalue weighted by Gasteiger charge is 2.03. The minimum atomic E-state index is 0.483. The average Bonchev–Trinajstić information content (AvgIpc) is 2.28. The summed E-state index contributed by atoms with van der Waals surface area (Å²) in [6, 6.07) is 6.77. The topological polar surface area (TPSA) is 24.1 Å². The molecule has 17 heavy (non-hydrogen) atoms. The molecule has 0 spiro atoms. The van der Waals surface area contributed by atoms with Gasteiger partial charge in [0.25, 0.3) is 0 Å². The van der Waals surface area contributed by atoms with Gasteiger partial charge in [0.05, 0.1) is 0 Å². The standard InChI is InChI=1S/C13H20Br2N2/c1-3-6-16-8-10(2)17-9-11-4-5-12(14)7-13(11)15/h4-5,7,10,16-17H,3,6,8-9H2,1-2H3. The van der Waals surface area contributed by atoms with Crippen molar-refractivity contribution in [1.82, 2.24) is 10.6 Å². The first kappa shape index (κ1) is 15.2. The first-order valence-corrected chi connectivity index (χ1v) is 7.60. The molecule has 96 valence electrons. The van der Waals surface area contributed by atoms with E-state index >= 15 is 0 Å². The summed E-state index contributed by atoms with van der Waals surface area (Å²) in [4.78, 5) is 0. The molecule has 2 N–H and O–H groups in total. The number of halogens is 2. The Hall–Kier alpha value is 0.1000. The van der Waals surface area contributed by atoms with Gasteiger partial charge in [0, 0.05) is 28.1 Å². The summed E-state index contributed by atoms with van der Waals surface area (Å²) < 4.78 is 2.25. The number of hydrogen-bond acceptors (Lipinski definition) is 2. The van der Waals surface area contributed by atoms with E-state index in [0.717, 1.165) is 28.6 Å². The van der Waals surface area contributed by atoms with Crippen LogP contribution in [-0.4, -0.2) is 19.1 Å². The number of nitrogens with one attached hydrogen (secondary N) is 2. The van der Waals surface area contributed by atoms with Crippen LogP contribution >= 0.6 is 31.9 Å². The van der Waals surface area contributed by atoms with Crippen LogP contribution in [0, 0.1) is 0 Å². The lowest BCUT2D eigenvalue weighted by atomic mass is 10.2. The van der Waals surface area contributed by atoms with Crippen molar-refractivity contribution in [3.8, 4) is 0 Å². The van der Waals surface area contributed by atoms with E-state index in [4.69, 9.17) is 0 Å². The molecule has 0 heterocycles. The third kappa shape index (κ3) is 6.00. The van der Waals surface area contributed by atoms with E-state index < -0.39 is 0 Å². The van der Waals surface area contributed by atoms with Crippen molar-refractivity contribution >= 4 is 31.9 Å². The third-order valence-electron chi connectivity index (χ3n) is 2.53. The lowest BCUT2D eigenvalue weighted by Crippen LogP contribution is -2.36. The molecule has 0 bridgehead atoms. The molecule has 0 aliphatic heterocycles. The Morgan fingerprint density at radius 3 is 2.71 bits per heavy atom. The molecule has 1 rings (SSSR count). The zero-order valence-electron chi connectivity index (χ0n) is 10.4. The molecular weight excluding hydrogens is 344 g/mol. The van der Waals surface area contributed by atoms with Crippen molar-refractivity contribution < 1.29 is 0 Å². The average molecular weight is 364 g/mol. The van der Waals surface area contributed by atoms with Crippen molar-refractivity contribution in [3.63, 3.8) is 0 Å². The largest absolute Gasteiger partial charge is 0.315 e. The van der Waals surface area contributed by atoms with Gasteiger partial charge >= 0.3 is 0 Å². The van der Waals surface area contributed by atoms with Gasteiger partial charge in [0.1, 0.15) is 0 Å². The Labute approximate surface area is 121 Å². The summed E-state index contributed by atoms with van der Waals surface area (Å²) in [6.45, 7) is 7.39. The van der Waals surface area contributed by atoms with Gasteiger partial charge in [-0.25, -0.2) is 0 Å². The second-order valence-electron chi connectivity index (χ2n) is 4.22. The predicted octanol–water partition coefficient (Wildman–Crippen LogP) is 3.69. The molecular formula is C13H20Br2N2. The molecule has 1 aromatic carbocycles. The Morgan fingerprint density at radius 1 is 1.29 bits per heavy atom. The fourth-order valence-electron chi connectivity index (χ4n) is 1.52. The maximum absolute atomic E-state index is 3.58. The van der Waals surface area contributed by atoms with Crippen molar-refractivity contribution in [2.24, 2.45) is 0 Å². The Balaban J connectivity index is 2.34. The Kier molecular flexibility index (Phi) is 7.35. The molecule has 1 aromatic rings. The van der Waals surface area contributed by atoms with Crippen LogP contribution in [0.1, 0.15) is 25.8 Å². The van der Waals surface area contributed by atoms with Gasteiger partial charge < -0.3 is 10.6 Å². The molecule has 0 saturated carbocycles. The van der Waals surface area contributed by atoms with Gasteiger partial charge in [-0.15, -0.1) is 0 Å². The van der Waals surface area contributed by atoms with Crippen LogP contribution in [0.4, 0.5) is 0 Å². The summed E-state index contributed by atoms with van der Waals surface area (Å²) >= 11 is 7.03. The van der Waals surface area contributed by atoms with E-state index in [0.29, 0.717) is 6.04 Å². The van der Waals surface area contributed by atoms with E-state index in [2.05, 4.69) is 74.5 Å². The number of hydrogen-bond donors (Lipinski definition) is 2. The SMILES string of the molecule is CCCNCC(C)NCc1ccc(Br)cc1Br. The second kappa shape index (κ2) is 8.25. The van der Waals surface area contributed by atoms with Gasteiger partial charge in [-0.2, -0.15) is 0 Å². The highest BCUT2D eigenvalue weighted by atomic mass is 79.9. The first-order chi connectivity index (χ1) is 8.13. The minimum absolute atomic E-state index is 0.483. The fourth-order valence-corrected chi connectivity index (χ4v) is 2.70. The fraction of sp³-hybridized carbons (Fsp3) is 0.538. The molecule has 0 amide bonds. The van der Waals surface area contributed by atoms with Crippen LogP contribution in [0.3, 0.4) is 0 Å². The lowest BCUT2D eigenvalue weighted by Gasteiger charge is -2.15. The zero-order chi connectivity index (χ0) is 12.7. The van der Waals surface area contributed by atoms with Crippen molar-refractivity contribution in [1.29, 1.82) is 0 Å². The van der Waals surface area contributed by atoms with E-state index in [1.807, 2.05) is 0 Å². The van der Waals surface area contributed by atoms with Crippen LogP contribution in [0.2, 0.25) is 0 Å². The number of benzene rings is 1. The van der Waals surface area contributed by atoms with Gasteiger partial charge in [0.2, 0.25) is 0 Å². The molecule has 0 aromatic heterocycles. The molecule has 4 heteroatoms. The summed E-state index contributed by atoms with van der Waals surface area (Å²) in [7, 11) is 0. The van der Waals surface area contributed by atoms with E-state index in [9.17, 15) is 0 Å². The molecule has 0 radical (unpaired) electrons. The monoisotopic (exact) mass is 362 g/mol. The normalized spacial score (nSPS) is 12.7. The molecule has 0 aliphatic carbocycles. The predicted molar refractivity (Wildman–Crippen MR) is 81.3 cm³/mol. The first-order valence-electron chi connectivity index (χ1n) is 6.01. The second-order valence-corrected chi connectivity index (χ2v) is 5.99. The number of rotatable bonds is 7. The van der Waals surface area contributed by atoms with Crippen molar-refractivity contribution in [3.05, 3.63) is 32.7 Å². The Morgan fingerprint density at radius 2 is 2.06 bits per heavy atom. The van der Waals surface area contributed by atoms with E-state index in [1.54, 1.807) is 0 Å². The maximum atomic E-state index is 3.58. The van der Waals surface area contributed by atoms with Gasteiger partial charge in [0.15, 0.2) is 0 Å². The summed E-state index contributed by atoms with van der Waals surface area (Å²) in [5.74, 6) is 0. The molecule has 0 fully saturated rings. The Bertz CT molecular complexity index is 342. The molecule has 1 unspecified atom stereocenters. The summed E-state index contributed by atoms with van der Waals surface area (Å²) in [5.41, 5.74) is 1.29. The zero-order valence-corrected chi connectivity index (χ0v) is 13.6. The van der Waals surface area contributed by atoms with Gasteiger partial charge in [-0.1, -0.05) is 44.8 Å². The quantitative estimate of drug-likeness (QED) is 0.722. The van der Waals surface area contributed by atoms with Crippen LogP contribution in [-0.2, 0) is 6.54 Å². The van der Waals surface area contributed by atoms with Gasteiger partial charge in [-0.05, 0) is 37.6 Å². The minimum Gasteiger partial charge on any atom is -0.315 e. The molecule has 0 saturated heterocycles. The van der Waals surface area contributed by atoms with Crippen LogP contribution < -0.4 is 10.6 Å². The third-order valence-corrected chi connectivity index (χ3v) is 3.76. The lowest BCUT2D eigenvalue weighted by molar-refractivity contribution is 0.501. The summed E-state index contributed by atoms with van der Waals surface area (Å²) in [6.07, 6.45) is 1.19. The van der Waals surface area contributed by atoms with Crippen LogP contribution in [0.15, 0.2) is 27.1 Å². The van der Waals surface area contributed by atoms with E-state index in [1.165, 1.54) is 12.0 Å². The van der Waals surface area contributed by atoms with Crippen molar-refractivity contribution in [2.45, 2.75) is 32.9 Å². The highest BCUT2D eigenvalue weighted by molar-refractivity contribution is 9.11. The molecule has 0 aliphatic rings. The molecule has 2 nitrogen and oxygen atoms in total. The highest BCUT2D eigenvalue weighted by Crippen LogP contribution is 2.21. The van der Waals surface area contributed by atoms with Crippen LogP contribution in [0.5, 0.6) is 0 Å².